The number of fused-ring (bicyclic) bond motifs is 1. The highest BCUT2D eigenvalue weighted by Gasteiger charge is 2.11. The molecule has 0 spiro atoms. The van der Waals surface area contributed by atoms with Gasteiger partial charge in [-0.05, 0) is 36.9 Å². The molecule has 0 aliphatic heterocycles. The Morgan fingerprint density at radius 3 is 2.48 bits per heavy atom. The van der Waals surface area contributed by atoms with Gasteiger partial charge in [-0.1, -0.05) is 17.3 Å². The summed E-state index contributed by atoms with van der Waals surface area (Å²) in [4.78, 5) is 2.04. The van der Waals surface area contributed by atoms with E-state index in [1.807, 2.05) is 11.9 Å². The van der Waals surface area contributed by atoms with E-state index in [0.29, 0.717) is 18.7 Å². The van der Waals surface area contributed by atoms with Gasteiger partial charge in [0.05, 0.1) is 0 Å². The van der Waals surface area contributed by atoms with E-state index in [0.717, 1.165) is 16.6 Å². The molecular formula is C16H14F2N2O. The summed E-state index contributed by atoms with van der Waals surface area (Å²) >= 11 is 0. The van der Waals surface area contributed by atoms with Crippen molar-refractivity contribution < 1.29 is 13.3 Å². The molecule has 0 unspecified atom stereocenters. The molecule has 3 nitrogen and oxygen atoms in total. The molecule has 0 aliphatic rings. The van der Waals surface area contributed by atoms with E-state index in [4.69, 9.17) is 4.52 Å². The number of nitrogens with zero attached hydrogens (tertiary/aromatic N) is 2. The second-order valence-electron chi connectivity index (χ2n) is 5.07. The van der Waals surface area contributed by atoms with E-state index in [1.165, 1.54) is 24.3 Å². The van der Waals surface area contributed by atoms with Gasteiger partial charge >= 0.3 is 0 Å². The van der Waals surface area contributed by atoms with Crippen molar-refractivity contribution in [3.8, 4) is 0 Å². The largest absolute Gasteiger partial charge is 0.356 e. The van der Waals surface area contributed by atoms with Crippen LogP contribution in [0.15, 0.2) is 47.0 Å². The maximum atomic E-state index is 13.1. The molecule has 108 valence electrons. The van der Waals surface area contributed by atoms with E-state index >= 15 is 0 Å². The van der Waals surface area contributed by atoms with Gasteiger partial charge in [-0.15, -0.1) is 0 Å². The number of hydrogen-bond acceptors (Lipinski definition) is 3. The van der Waals surface area contributed by atoms with Crippen LogP contribution >= 0.6 is 0 Å². The van der Waals surface area contributed by atoms with Crippen LogP contribution in [0.1, 0.15) is 11.3 Å². The van der Waals surface area contributed by atoms with Gasteiger partial charge in [0.15, 0.2) is 5.58 Å². The molecule has 0 fully saturated rings. The lowest BCUT2D eigenvalue weighted by Gasteiger charge is -2.15. The third-order valence-electron chi connectivity index (χ3n) is 3.29. The van der Waals surface area contributed by atoms with Gasteiger partial charge in [-0.3, -0.25) is 4.90 Å². The van der Waals surface area contributed by atoms with E-state index < -0.39 is 0 Å². The minimum Gasteiger partial charge on any atom is -0.356 e. The summed E-state index contributed by atoms with van der Waals surface area (Å²) in [5, 5.41) is 4.80. The van der Waals surface area contributed by atoms with Crippen LogP contribution in [0.5, 0.6) is 0 Å². The molecule has 0 saturated heterocycles. The van der Waals surface area contributed by atoms with Crippen molar-refractivity contribution in [2.24, 2.45) is 0 Å². The van der Waals surface area contributed by atoms with Gasteiger partial charge in [0.25, 0.3) is 0 Å². The van der Waals surface area contributed by atoms with E-state index in [-0.39, 0.29) is 11.6 Å². The highest BCUT2D eigenvalue weighted by Crippen LogP contribution is 2.21. The zero-order valence-electron chi connectivity index (χ0n) is 11.5. The fourth-order valence-corrected chi connectivity index (χ4v) is 2.29. The molecule has 0 bridgehead atoms. The average Bonchev–Trinajstić information content (AvgIpc) is 2.83. The van der Waals surface area contributed by atoms with Gasteiger partial charge in [0.2, 0.25) is 0 Å². The number of halogens is 2. The molecule has 3 aromatic rings. The predicted molar refractivity (Wildman–Crippen MR) is 75.5 cm³/mol. The lowest BCUT2D eigenvalue weighted by Crippen LogP contribution is -2.17. The summed E-state index contributed by atoms with van der Waals surface area (Å²) < 4.78 is 31.1. The van der Waals surface area contributed by atoms with Gasteiger partial charge in [-0.25, -0.2) is 8.78 Å². The summed E-state index contributed by atoms with van der Waals surface area (Å²) in [6.07, 6.45) is 0. The Balaban J connectivity index is 1.74. The quantitative estimate of drug-likeness (QED) is 0.732. The van der Waals surface area contributed by atoms with E-state index in [1.54, 1.807) is 18.2 Å². The number of benzene rings is 2. The van der Waals surface area contributed by atoms with Crippen molar-refractivity contribution in [1.82, 2.24) is 10.1 Å². The van der Waals surface area contributed by atoms with Crippen molar-refractivity contribution in [3.05, 3.63) is 65.4 Å². The second kappa shape index (κ2) is 5.61. The van der Waals surface area contributed by atoms with Crippen LogP contribution in [-0.2, 0) is 13.1 Å². The van der Waals surface area contributed by atoms with Crippen molar-refractivity contribution in [2.45, 2.75) is 13.1 Å². The first kappa shape index (κ1) is 13.7. The minimum atomic E-state index is -0.343. The summed E-state index contributed by atoms with van der Waals surface area (Å²) in [6.45, 7) is 1.23. The van der Waals surface area contributed by atoms with Crippen molar-refractivity contribution in [3.63, 3.8) is 0 Å². The minimum absolute atomic E-state index is 0.245. The van der Waals surface area contributed by atoms with Gasteiger partial charge < -0.3 is 4.52 Å². The van der Waals surface area contributed by atoms with Crippen LogP contribution < -0.4 is 0 Å². The van der Waals surface area contributed by atoms with Crippen LogP contribution in [0.3, 0.4) is 0 Å². The van der Waals surface area contributed by atoms with Crippen LogP contribution in [0, 0.1) is 11.6 Å². The first-order valence-corrected chi connectivity index (χ1v) is 6.58. The lowest BCUT2D eigenvalue weighted by molar-refractivity contribution is 0.306. The summed E-state index contributed by atoms with van der Waals surface area (Å²) in [6, 6.07) is 10.8. The van der Waals surface area contributed by atoms with Crippen LogP contribution in [-0.4, -0.2) is 17.1 Å². The Hall–Kier alpha value is -2.27. The zero-order valence-corrected chi connectivity index (χ0v) is 11.5. The topological polar surface area (TPSA) is 29.3 Å². The first-order valence-electron chi connectivity index (χ1n) is 6.58. The number of aromatic nitrogens is 1. The molecule has 21 heavy (non-hydrogen) atoms. The summed E-state index contributed by atoms with van der Waals surface area (Å²) in [5.74, 6) is -0.587. The fraction of sp³-hybridized carbons (Fsp3) is 0.188. The van der Waals surface area contributed by atoms with Crippen LogP contribution in [0.25, 0.3) is 11.0 Å². The first-order chi connectivity index (χ1) is 10.1. The molecule has 0 atom stereocenters. The Morgan fingerprint density at radius 1 is 1.00 bits per heavy atom. The maximum absolute atomic E-state index is 13.1. The van der Waals surface area contributed by atoms with E-state index in [2.05, 4.69) is 5.16 Å². The molecule has 0 aliphatic carbocycles. The van der Waals surface area contributed by atoms with Crippen molar-refractivity contribution in [2.75, 3.05) is 7.05 Å². The smallest absolute Gasteiger partial charge is 0.170 e. The molecule has 5 heteroatoms. The highest BCUT2D eigenvalue weighted by atomic mass is 19.1. The molecule has 0 N–H and O–H groups in total. The summed E-state index contributed by atoms with van der Waals surface area (Å²) in [7, 11) is 1.94. The van der Waals surface area contributed by atoms with Crippen molar-refractivity contribution in [1.29, 1.82) is 0 Å². The highest BCUT2D eigenvalue weighted by molar-refractivity contribution is 5.79. The van der Waals surface area contributed by atoms with Gasteiger partial charge in [-0.2, -0.15) is 0 Å². The standard InChI is InChI=1S/C16H14F2N2O/c1-20(9-11-2-4-12(17)5-3-11)10-15-14-7-6-13(18)8-16(14)21-19-15/h2-8H,9-10H2,1H3. The molecule has 0 radical (unpaired) electrons. The van der Waals surface area contributed by atoms with Crippen LogP contribution in [0.4, 0.5) is 8.78 Å². The molecule has 0 saturated carbocycles. The fourth-order valence-electron chi connectivity index (χ4n) is 2.29. The number of hydrogen-bond donors (Lipinski definition) is 0. The maximum Gasteiger partial charge on any atom is 0.170 e. The third-order valence-corrected chi connectivity index (χ3v) is 3.29. The second-order valence-corrected chi connectivity index (χ2v) is 5.07. The summed E-state index contributed by atoms with van der Waals surface area (Å²) in [5.41, 5.74) is 2.22. The Kier molecular flexibility index (Phi) is 3.66. The molecule has 0 amide bonds. The van der Waals surface area contributed by atoms with Gasteiger partial charge in [0.1, 0.15) is 17.3 Å². The Bertz CT molecular complexity index is 753. The van der Waals surface area contributed by atoms with E-state index in [9.17, 15) is 8.78 Å². The zero-order chi connectivity index (χ0) is 14.8. The predicted octanol–water partition coefficient (Wildman–Crippen LogP) is 3.74. The Morgan fingerprint density at radius 2 is 1.71 bits per heavy atom. The Labute approximate surface area is 120 Å². The lowest BCUT2D eigenvalue weighted by atomic mass is 10.2. The third kappa shape index (κ3) is 3.08. The van der Waals surface area contributed by atoms with Crippen LogP contribution in [0.2, 0.25) is 0 Å². The monoisotopic (exact) mass is 288 g/mol. The SMILES string of the molecule is CN(Cc1ccc(F)cc1)Cc1noc2cc(F)ccc12. The molecule has 2 aromatic carbocycles. The molecular weight excluding hydrogens is 274 g/mol. The molecule has 1 heterocycles. The molecule has 3 rings (SSSR count). The average molecular weight is 288 g/mol. The number of rotatable bonds is 4. The normalized spacial score (nSPS) is 11.4. The van der Waals surface area contributed by atoms with Crippen molar-refractivity contribution >= 4 is 11.0 Å². The van der Waals surface area contributed by atoms with Gasteiger partial charge in [0, 0.05) is 24.5 Å². The molecule has 1 aromatic heterocycles.